The van der Waals surface area contributed by atoms with E-state index in [1.165, 1.54) is 0 Å². The molecule has 0 unspecified atom stereocenters. The molecule has 4 nitrogen and oxygen atoms in total. The van der Waals surface area contributed by atoms with Gasteiger partial charge in [0.05, 0.1) is 13.0 Å². The fraction of sp³-hybridized carbons (Fsp3) is 0.438. The summed E-state index contributed by atoms with van der Waals surface area (Å²) in [6, 6.07) is 5.96. The van der Waals surface area contributed by atoms with Crippen LogP contribution in [0.4, 0.5) is 0 Å². The van der Waals surface area contributed by atoms with Gasteiger partial charge in [-0.15, -0.1) is 0 Å². The Kier molecular flexibility index (Phi) is 3.75. The van der Waals surface area contributed by atoms with Crippen LogP contribution in [-0.2, 0) is 17.3 Å². The third-order valence-corrected chi connectivity index (χ3v) is 3.59. The molecule has 1 aromatic heterocycles. The highest BCUT2D eigenvalue weighted by Crippen LogP contribution is 2.35. The molecule has 1 heterocycles. The van der Waals surface area contributed by atoms with Crippen molar-refractivity contribution in [2.24, 2.45) is 7.05 Å². The Labute approximate surface area is 119 Å². The Morgan fingerprint density at radius 2 is 2.10 bits per heavy atom. The molecule has 20 heavy (non-hydrogen) atoms. The molecule has 0 aliphatic carbocycles. The van der Waals surface area contributed by atoms with E-state index in [9.17, 15) is 4.79 Å². The summed E-state index contributed by atoms with van der Waals surface area (Å²) in [5.41, 5.74) is 1.71. The van der Waals surface area contributed by atoms with Crippen LogP contribution in [0.15, 0.2) is 24.4 Å². The lowest BCUT2D eigenvalue weighted by atomic mass is 9.81. The number of nitrogens with zero attached hydrogens (tertiary/aromatic N) is 1. The Balaban J connectivity index is 2.57. The summed E-state index contributed by atoms with van der Waals surface area (Å²) >= 11 is 0. The average molecular weight is 275 g/mol. The maximum absolute atomic E-state index is 11.1. The zero-order valence-corrected chi connectivity index (χ0v) is 12.4. The minimum atomic E-state index is -0.784. The number of hydrogen-bond acceptors (Lipinski definition) is 2. The van der Waals surface area contributed by atoms with Gasteiger partial charge in [0.15, 0.2) is 0 Å². The SMILES string of the molecule is CCOc1ccc2c(c1)c(C(C)(C)CC(=O)O)cn2C. The van der Waals surface area contributed by atoms with E-state index in [1.54, 1.807) is 0 Å². The smallest absolute Gasteiger partial charge is 0.304 e. The molecule has 0 bridgehead atoms. The summed E-state index contributed by atoms with van der Waals surface area (Å²) in [6.45, 7) is 6.49. The van der Waals surface area contributed by atoms with Gasteiger partial charge in [-0.1, -0.05) is 13.8 Å². The number of aryl methyl sites for hydroxylation is 1. The predicted octanol–water partition coefficient (Wildman–Crippen LogP) is 3.33. The lowest BCUT2D eigenvalue weighted by Crippen LogP contribution is -2.21. The van der Waals surface area contributed by atoms with Gasteiger partial charge in [0.25, 0.3) is 0 Å². The average Bonchev–Trinajstić information content (AvgIpc) is 2.66. The van der Waals surface area contributed by atoms with Crippen LogP contribution in [0.5, 0.6) is 5.75 Å². The summed E-state index contributed by atoms with van der Waals surface area (Å²) in [5, 5.41) is 10.2. The first kappa shape index (κ1) is 14.4. The lowest BCUT2D eigenvalue weighted by molar-refractivity contribution is -0.138. The molecule has 0 aliphatic rings. The molecule has 0 fully saturated rings. The van der Waals surface area contributed by atoms with Crippen molar-refractivity contribution in [3.05, 3.63) is 30.0 Å². The van der Waals surface area contributed by atoms with Crippen LogP contribution in [0.3, 0.4) is 0 Å². The van der Waals surface area contributed by atoms with Crippen molar-refractivity contribution >= 4 is 16.9 Å². The summed E-state index contributed by atoms with van der Waals surface area (Å²) in [6.07, 6.45) is 2.12. The molecule has 0 saturated carbocycles. The van der Waals surface area contributed by atoms with Gasteiger partial charge in [-0.05, 0) is 30.7 Å². The first-order chi connectivity index (χ1) is 9.35. The third-order valence-electron chi connectivity index (χ3n) is 3.59. The highest BCUT2D eigenvalue weighted by atomic mass is 16.5. The van der Waals surface area contributed by atoms with Gasteiger partial charge in [0, 0.05) is 29.6 Å². The molecular weight excluding hydrogens is 254 g/mol. The van der Waals surface area contributed by atoms with Crippen molar-refractivity contribution in [1.82, 2.24) is 4.57 Å². The molecule has 0 spiro atoms. The number of aliphatic carboxylic acids is 1. The summed E-state index contributed by atoms with van der Waals surface area (Å²) in [7, 11) is 1.98. The van der Waals surface area contributed by atoms with Crippen LogP contribution in [0.2, 0.25) is 0 Å². The van der Waals surface area contributed by atoms with Gasteiger partial charge in [-0.25, -0.2) is 0 Å². The minimum absolute atomic E-state index is 0.102. The van der Waals surface area contributed by atoms with E-state index in [2.05, 4.69) is 0 Å². The molecule has 1 N–H and O–H groups in total. The normalized spacial score (nSPS) is 11.8. The van der Waals surface area contributed by atoms with E-state index in [4.69, 9.17) is 9.84 Å². The van der Waals surface area contributed by atoms with Crippen LogP contribution in [0.25, 0.3) is 10.9 Å². The van der Waals surface area contributed by atoms with Gasteiger partial charge < -0.3 is 14.4 Å². The fourth-order valence-corrected chi connectivity index (χ4v) is 2.64. The van der Waals surface area contributed by atoms with Crippen molar-refractivity contribution in [3.63, 3.8) is 0 Å². The maximum Gasteiger partial charge on any atom is 0.304 e. The van der Waals surface area contributed by atoms with Crippen LogP contribution in [-0.4, -0.2) is 22.2 Å². The van der Waals surface area contributed by atoms with Crippen molar-refractivity contribution in [2.75, 3.05) is 6.61 Å². The van der Waals surface area contributed by atoms with E-state index in [-0.39, 0.29) is 6.42 Å². The molecule has 0 aliphatic heterocycles. The van der Waals surface area contributed by atoms with E-state index in [1.807, 2.05) is 56.8 Å². The van der Waals surface area contributed by atoms with Crippen LogP contribution in [0, 0.1) is 0 Å². The molecule has 0 saturated heterocycles. The second-order valence-electron chi connectivity index (χ2n) is 5.72. The number of fused-ring (bicyclic) bond motifs is 1. The molecule has 0 radical (unpaired) electrons. The van der Waals surface area contributed by atoms with Gasteiger partial charge in [-0.3, -0.25) is 4.79 Å². The lowest BCUT2D eigenvalue weighted by Gasteiger charge is -2.22. The molecule has 108 valence electrons. The molecule has 0 atom stereocenters. The second kappa shape index (κ2) is 5.19. The zero-order chi connectivity index (χ0) is 14.9. The summed E-state index contributed by atoms with van der Waals surface area (Å²) in [4.78, 5) is 11.1. The van der Waals surface area contributed by atoms with Crippen LogP contribution in [0.1, 0.15) is 32.8 Å². The number of carbonyl (C=O) groups is 1. The van der Waals surface area contributed by atoms with Gasteiger partial charge in [0.2, 0.25) is 0 Å². The summed E-state index contributed by atoms with van der Waals surface area (Å²) in [5.74, 6) is 0.0338. The Morgan fingerprint density at radius 1 is 1.40 bits per heavy atom. The molecule has 2 aromatic rings. The van der Waals surface area contributed by atoms with Gasteiger partial charge in [0.1, 0.15) is 5.75 Å². The largest absolute Gasteiger partial charge is 0.494 e. The molecular formula is C16H21NO3. The van der Waals surface area contributed by atoms with E-state index < -0.39 is 11.4 Å². The van der Waals surface area contributed by atoms with Gasteiger partial charge >= 0.3 is 5.97 Å². The van der Waals surface area contributed by atoms with Crippen LogP contribution >= 0.6 is 0 Å². The van der Waals surface area contributed by atoms with Crippen molar-refractivity contribution in [3.8, 4) is 5.75 Å². The quantitative estimate of drug-likeness (QED) is 0.910. The number of carboxylic acids is 1. The van der Waals surface area contributed by atoms with E-state index in [0.29, 0.717) is 6.61 Å². The number of benzene rings is 1. The number of hydrogen-bond donors (Lipinski definition) is 1. The molecule has 1 aromatic carbocycles. The minimum Gasteiger partial charge on any atom is -0.494 e. The standard InChI is InChI=1S/C16H21NO3/c1-5-20-11-6-7-14-12(8-11)13(10-17(14)4)16(2,3)9-15(18)19/h6-8,10H,5,9H2,1-4H3,(H,18,19). The van der Waals surface area contributed by atoms with Crippen molar-refractivity contribution < 1.29 is 14.6 Å². The Bertz CT molecular complexity index is 640. The van der Waals surface area contributed by atoms with E-state index >= 15 is 0 Å². The molecule has 4 heteroatoms. The van der Waals surface area contributed by atoms with Crippen molar-refractivity contribution in [2.45, 2.75) is 32.6 Å². The third kappa shape index (κ3) is 2.64. The zero-order valence-electron chi connectivity index (χ0n) is 12.4. The Hall–Kier alpha value is -1.97. The van der Waals surface area contributed by atoms with Crippen molar-refractivity contribution in [1.29, 1.82) is 0 Å². The summed E-state index contributed by atoms with van der Waals surface area (Å²) < 4.78 is 7.58. The maximum atomic E-state index is 11.1. The fourth-order valence-electron chi connectivity index (χ4n) is 2.64. The van der Waals surface area contributed by atoms with Gasteiger partial charge in [-0.2, -0.15) is 0 Å². The highest BCUT2D eigenvalue weighted by molar-refractivity contribution is 5.87. The number of aromatic nitrogens is 1. The topological polar surface area (TPSA) is 51.5 Å². The van der Waals surface area contributed by atoms with Crippen LogP contribution < -0.4 is 4.74 Å². The number of rotatable bonds is 5. The first-order valence-electron chi connectivity index (χ1n) is 6.79. The monoisotopic (exact) mass is 275 g/mol. The number of carboxylic acid groups (broad SMARTS) is 1. The predicted molar refractivity (Wildman–Crippen MR) is 79.4 cm³/mol. The molecule has 0 amide bonds. The number of ether oxygens (including phenoxy) is 1. The van der Waals surface area contributed by atoms with E-state index in [0.717, 1.165) is 22.2 Å². The highest BCUT2D eigenvalue weighted by Gasteiger charge is 2.27. The molecule has 2 rings (SSSR count). The first-order valence-corrected chi connectivity index (χ1v) is 6.79. The second-order valence-corrected chi connectivity index (χ2v) is 5.72. The Morgan fingerprint density at radius 3 is 2.70 bits per heavy atom.